The van der Waals surface area contributed by atoms with Crippen LogP contribution in [0.4, 0.5) is 5.82 Å². The molecule has 0 aliphatic carbocycles. The monoisotopic (exact) mass is 326 g/mol. The molecule has 0 unspecified atom stereocenters. The first kappa shape index (κ1) is 13.9. The van der Waals surface area contributed by atoms with Crippen molar-refractivity contribution >= 4 is 38.4 Å². The molecule has 0 amide bonds. The van der Waals surface area contributed by atoms with E-state index in [0.29, 0.717) is 17.0 Å². The molecule has 0 saturated heterocycles. The third-order valence-electron chi connectivity index (χ3n) is 3.77. The van der Waals surface area contributed by atoms with Crippen molar-refractivity contribution in [2.24, 2.45) is 7.05 Å². The number of nitrogen functional groups attached to an aromatic ring is 1. The van der Waals surface area contributed by atoms with Gasteiger partial charge in [0, 0.05) is 12.4 Å². The summed E-state index contributed by atoms with van der Waals surface area (Å²) in [5.74, 6) is 0.427. The predicted molar refractivity (Wildman–Crippen MR) is 90.6 cm³/mol. The van der Waals surface area contributed by atoms with E-state index in [0.717, 1.165) is 20.7 Å². The van der Waals surface area contributed by atoms with Gasteiger partial charge in [-0.15, -0.1) is 11.3 Å². The normalized spacial score (nSPS) is 11.6. The molecule has 8 heteroatoms. The number of fused-ring (bicyclic) bond motifs is 3. The summed E-state index contributed by atoms with van der Waals surface area (Å²) in [6, 6.07) is 5.35. The van der Waals surface area contributed by atoms with Gasteiger partial charge in [-0.2, -0.15) is 5.10 Å². The molecule has 7 nitrogen and oxygen atoms in total. The van der Waals surface area contributed by atoms with Gasteiger partial charge in [0.05, 0.1) is 28.1 Å². The fourth-order valence-electron chi connectivity index (χ4n) is 2.75. The molecule has 2 N–H and O–H groups in total. The Balaban J connectivity index is 1.91. The minimum Gasteiger partial charge on any atom is -0.384 e. The van der Waals surface area contributed by atoms with E-state index in [-0.39, 0.29) is 12.1 Å². The average Bonchev–Trinajstić information content (AvgIpc) is 3.00. The van der Waals surface area contributed by atoms with E-state index >= 15 is 0 Å². The summed E-state index contributed by atoms with van der Waals surface area (Å²) >= 11 is 1.57. The van der Waals surface area contributed by atoms with Crippen LogP contribution < -0.4 is 11.3 Å². The Morgan fingerprint density at radius 3 is 2.91 bits per heavy atom. The molecule has 0 bridgehead atoms. The van der Waals surface area contributed by atoms with E-state index in [1.807, 2.05) is 30.7 Å². The van der Waals surface area contributed by atoms with Crippen LogP contribution in [0.1, 0.15) is 10.7 Å². The van der Waals surface area contributed by atoms with Crippen LogP contribution in [0.15, 0.2) is 29.2 Å². The SMILES string of the molecule is Cc1nc2c(s1)c1cnn(Cc3cccc(N)n3)c(=O)c1n2C. The van der Waals surface area contributed by atoms with Crippen molar-refractivity contribution in [3.05, 3.63) is 45.5 Å². The van der Waals surface area contributed by atoms with Crippen molar-refractivity contribution in [3.63, 3.8) is 0 Å². The molecule has 0 fully saturated rings. The topological polar surface area (TPSA) is 91.6 Å². The first-order chi connectivity index (χ1) is 11.0. The van der Waals surface area contributed by atoms with Gasteiger partial charge >= 0.3 is 0 Å². The molecule has 0 spiro atoms. The lowest BCUT2D eigenvalue weighted by molar-refractivity contribution is 0.633. The molecule has 4 aromatic heterocycles. The third kappa shape index (κ3) is 2.10. The Morgan fingerprint density at radius 2 is 2.13 bits per heavy atom. The van der Waals surface area contributed by atoms with Crippen LogP contribution in [0.2, 0.25) is 0 Å². The van der Waals surface area contributed by atoms with E-state index in [4.69, 9.17) is 5.73 Å². The second-order valence-electron chi connectivity index (χ2n) is 5.37. The van der Waals surface area contributed by atoms with Crippen LogP contribution in [0.5, 0.6) is 0 Å². The molecule has 0 aliphatic rings. The maximum atomic E-state index is 12.8. The highest BCUT2D eigenvalue weighted by Crippen LogP contribution is 2.30. The minimum atomic E-state index is -0.155. The molecule has 23 heavy (non-hydrogen) atoms. The summed E-state index contributed by atoms with van der Waals surface area (Å²) in [4.78, 5) is 21.5. The molecular weight excluding hydrogens is 312 g/mol. The summed E-state index contributed by atoms with van der Waals surface area (Å²) in [7, 11) is 1.86. The lowest BCUT2D eigenvalue weighted by Crippen LogP contribution is -2.25. The van der Waals surface area contributed by atoms with E-state index in [1.54, 1.807) is 23.6 Å². The first-order valence-corrected chi connectivity index (χ1v) is 7.89. The highest BCUT2D eigenvalue weighted by atomic mass is 32.1. The summed E-state index contributed by atoms with van der Waals surface area (Å²) in [5.41, 5.74) is 7.66. The number of pyridine rings is 1. The number of aromatic nitrogens is 5. The van der Waals surface area contributed by atoms with Gasteiger partial charge < -0.3 is 10.3 Å². The zero-order chi connectivity index (χ0) is 16.1. The number of hydrogen-bond acceptors (Lipinski definition) is 6. The van der Waals surface area contributed by atoms with Gasteiger partial charge in [-0.1, -0.05) is 6.07 Å². The maximum Gasteiger partial charge on any atom is 0.291 e. The van der Waals surface area contributed by atoms with Crippen LogP contribution in [-0.2, 0) is 13.6 Å². The number of hydrogen-bond donors (Lipinski definition) is 1. The van der Waals surface area contributed by atoms with Gasteiger partial charge in [-0.05, 0) is 19.1 Å². The van der Waals surface area contributed by atoms with Crippen molar-refractivity contribution < 1.29 is 0 Å². The second-order valence-corrected chi connectivity index (χ2v) is 6.57. The van der Waals surface area contributed by atoms with Crippen LogP contribution in [-0.4, -0.2) is 24.3 Å². The molecule has 0 atom stereocenters. The standard InChI is InChI=1S/C15H14N6OS/c1-8-18-14-13(23-8)10-6-17-21(15(22)12(10)20(14)2)7-9-4-3-5-11(16)19-9/h3-6H,7H2,1-2H3,(H2,16,19). The Morgan fingerprint density at radius 1 is 1.30 bits per heavy atom. The molecule has 0 aromatic carbocycles. The Bertz CT molecular complexity index is 1110. The summed E-state index contributed by atoms with van der Waals surface area (Å²) in [5, 5.41) is 6.11. The molecule has 0 saturated carbocycles. The number of nitrogens with two attached hydrogens (primary N) is 1. The second kappa shape index (κ2) is 4.88. The Hall–Kier alpha value is -2.74. The van der Waals surface area contributed by atoms with Crippen molar-refractivity contribution in [1.82, 2.24) is 24.3 Å². The van der Waals surface area contributed by atoms with Gasteiger partial charge in [0.1, 0.15) is 11.3 Å². The van der Waals surface area contributed by atoms with Crippen LogP contribution in [0.25, 0.3) is 21.3 Å². The van der Waals surface area contributed by atoms with E-state index in [1.165, 1.54) is 4.68 Å². The van der Waals surface area contributed by atoms with E-state index < -0.39 is 0 Å². The lowest BCUT2D eigenvalue weighted by atomic mass is 10.3. The molecule has 116 valence electrons. The Kier molecular flexibility index (Phi) is 2.95. The number of nitrogens with zero attached hydrogens (tertiary/aromatic N) is 5. The molecular formula is C15H14N6OS. The van der Waals surface area contributed by atoms with Gasteiger partial charge in [-0.3, -0.25) is 4.79 Å². The van der Waals surface area contributed by atoms with E-state index in [9.17, 15) is 4.79 Å². The average molecular weight is 326 g/mol. The zero-order valence-corrected chi connectivity index (χ0v) is 13.5. The van der Waals surface area contributed by atoms with Crippen molar-refractivity contribution in [2.75, 3.05) is 5.73 Å². The van der Waals surface area contributed by atoms with Crippen molar-refractivity contribution in [1.29, 1.82) is 0 Å². The van der Waals surface area contributed by atoms with Crippen LogP contribution >= 0.6 is 11.3 Å². The van der Waals surface area contributed by atoms with Crippen LogP contribution in [0.3, 0.4) is 0 Å². The fourth-order valence-corrected chi connectivity index (χ4v) is 3.71. The number of anilines is 1. The largest absolute Gasteiger partial charge is 0.384 e. The first-order valence-electron chi connectivity index (χ1n) is 7.07. The quantitative estimate of drug-likeness (QED) is 0.605. The fraction of sp³-hybridized carbons (Fsp3) is 0.200. The summed E-state index contributed by atoms with van der Waals surface area (Å²) in [6.45, 7) is 2.24. The third-order valence-corrected chi connectivity index (χ3v) is 4.77. The van der Waals surface area contributed by atoms with Crippen molar-refractivity contribution in [2.45, 2.75) is 13.5 Å². The highest BCUT2D eigenvalue weighted by Gasteiger charge is 2.17. The molecule has 4 aromatic rings. The maximum absolute atomic E-state index is 12.8. The van der Waals surface area contributed by atoms with Gasteiger partial charge in [0.15, 0.2) is 5.65 Å². The molecule has 4 rings (SSSR count). The summed E-state index contributed by atoms with van der Waals surface area (Å²) < 4.78 is 4.24. The number of aryl methyl sites for hydroxylation is 2. The number of rotatable bonds is 2. The van der Waals surface area contributed by atoms with Gasteiger partial charge in [-0.25, -0.2) is 14.6 Å². The lowest BCUT2D eigenvalue weighted by Gasteiger charge is -2.05. The highest BCUT2D eigenvalue weighted by molar-refractivity contribution is 7.19. The van der Waals surface area contributed by atoms with E-state index in [2.05, 4.69) is 15.1 Å². The van der Waals surface area contributed by atoms with Gasteiger partial charge in [0.2, 0.25) is 0 Å². The zero-order valence-electron chi connectivity index (χ0n) is 12.6. The summed E-state index contributed by atoms with van der Waals surface area (Å²) in [6.07, 6.45) is 1.73. The molecule has 0 aliphatic heterocycles. The molecule has 0 radical (unpaired) electrons. The smallest absolute Gasteiger partial charge is 0.291 e. The molecule has 4 heterocycles. The van der Waals surface area contributed by atoms with Crippen molar-refractivity contribution in [3.8, 4) is 0 Å². The predicted octanol–water partition coefficient (Wildman–Crippen LogP) is 1.68. The van der Waals surface area contributed by atoms with Crippen LogP contribution in [0, 0.1) is 6.92 Å². The number of thiazole rings is 1. The Labute approximate surface area is 135 Å². The minimum absolute atomic E-state index is 0.155. The van der Waals surface area contributed by atoms with Gasteiger partial charge in [0.25, 0.3) is 5.56 Å².